The van der Waals surface area contributed by atoms with E-state index in [2.05, 4.69) is 22.8 Å². The fourth-order valence-corrected chi connectivity index (χ4v) is 3.03. The molecule has 0 unspecified atom stereocenters. The summed E-state index contributed by atoms with van der Waals surface area (Å²) in [4.78, 5) is 25.0. The molecule has 0 aliphatic heterocycles. The van der Waals surface area contributed by atoms with Crippen molar-refractivity contribution >= 4 is 18.0 Å². The second-order valence-corrected chi connectivity index (χ2v) is 8.31. The summed E-state index contributed by atoms with van der Waals surface area (Å²) < 4.78 is 11.2. The van der Waals surface area contributed by atoms with E-state index in [-0.39, 0.29) is 24.3 Å². The first-order valence-electron chi connectivity index (χ1n) is 11.4. The monoisotopic (exact) mass is 453 g/mol. The van der Waals surface area contributed by atoms with Crippen LogP contribution in [0.3, 0.4) is 0 Å². The Hall–Kier alpha value is -3.35. The molecule has 1 atom stereocenters. The number of hydrazone groups is 1. The summed E-state index contributed by atoms with van der Waals surface area (Å²) in [6.45, 7) is 8.54. The quantitative estimate of drug-likeness (QED) is 0.270. The summed E-state index contributed by atoms with van der Waals surface area (Å²) in [5.74, 6) is 0.925. The SMILES string of the molecule is CCCCOc1ccc(/C=N\NC(=O)[C@@H](CC(C)C)NC(=O)COc2ccccc2C)cc1. The Bertz CT molecular complexity index is 910. The van der Waals surface area contributed by atoms with Gasteiger partial charge in [0.15, 0.2) is 6.61 Å². The number of aryl methyl sites for hydroxylation is 1. The zero-order chi connectivity index (χ0) is 24.1. The van der Waals surface area contributed by atoms with Gasteiger partial charge in [-0.2, -0.15) is 5.10 Å². The Labute approximate surface area is 196 Å². The van der Waals surface area contributed by atoms with Crippen LogP contribution in [0.5, 0.6) is 11.5 Å². The Balaban J connectivity index is 1.87. The smallest absolute Gasteiger partial charge is 0.262 e. The van der Waals surface area contributed by atoms with E-state index in [4.69, 9.17) is 9.47 Å². The van der Waals surface area contributed by atoms with E-state index in [0.29, 0.717) is 18.8 Å². The zero-order valence-corrected chi connectivity index (χ0v) is 20.0. The number of benzene rings is 2. The Morgan fingerprint density at radius 1 is 1.06 bits per heavy atom. The Kier molecular flexibility index (Phi) is 10.9. The van der Waals surface area contributed by atoms with Crippen molar-refractivity contribution in [2.24, 2.45) is 11.0 Å². The highest BCUT2D eigenvalue weighted by atomic mass is 16.5. The van der Waals surface area contributed by atoms with Crippen LogP contribution in [0, 0.1) is 12.8 Å². The summed E-state index contributed by atoms with van der Waals surface area (Å²) in [6, 6.07) is 14.2. The van der Waals surface area contributed by atoms with Gasteiger partial charge in [-0.15, -0.1) is 0 Å². The molecule has 0 saturated carbocycles. The van der Waals surface area contributed by atoms with Gasteiger partial charge in [-0.1, -0.05) is 45.4 Å². The number of carbonyl (C=O) groups excluding carboxylic acids is 2. The predicted octanol–water partition coefficient (Wildman–Crippen LogP) is 4.23. The van der Waals surface area contributed by atoms with Crippen LogP contribution in [0.1, 0.15) is 51.2 Å². The summed E-state index contributed by atoms with van der Waals surface area (Å²) in [7, 11) is 0. The molecule has 2 aromatic rings. The number of carbonyl (C=O) groups is 2. The molecule has 7 nitrogen and oxygen atoms in total. The Morgan fingerprint density at radius 2 is 1.79 bits per heavy atom. The third kappa shape index (κ3) is 9.76. The van der Waals surface area contributed by atoms with Gasteiger partial charge in [0.1, 0.15) is 17.5 Å². The summed E-state index contributed by atoms with van der Waals surface area (Å²) >= 11 is 0. The highest BCUT2D eigenvalue weighted by Crippen LogP contribution is 2.16. The molecule has 0 aromatic heterocycles. The number of rotatable bonds is 13. The van der Waals surface area contributed by atoms with Crippen molar-refractivity contribution in [3.05, 3.63) is 59.7 Å². The van der Waals surface area contributed by atoms with E-state index < -0.39 is 6.04 Å². The maximum atomic E-state index is 12.6. The maximum absolute atomic E-state index is 12.6. The topological polar surface area (TPSA) is 89.0 Å². The van der Waals surface area contributed by atoms with Crippen molar-refractivity contribution in [2.45, 2.75) is 53.0 Å². The molecule has 0 bridgehead atoms. The molecule has 178 valence electrons. The van der Waals surface area contributed by atoms with Gasteiger partial charge < -0.3 is 14.8 Å². The van der Waals surface area contributed by atoms with Crippen LogP contribution in [-0.4, -0.2) is 37.3 Å². The lowest BCUT2D eigenvalue weighted by molar-refractivity contribution is -0.130. The van der Waals surface area contributed by atoms with Crippen molar-refractivity contribution in [2.75, 3.05) is 13.2 Å². The van der Waals surface area contributed by atoms with Gasteiger partial charge in [-0.25, -0.2) is 5.43 Å². The van der Waals surface area contributed by atoms with Gasteiger partial charge >= 0.3 is 0 Å². The molecule has 33 heavy (non-hydrogen) atoms. The highest BCUT2D eigenvalue weighted by Gasteiger charge is 2.22. The number of hydrogen-bond donors (Lipinski definition) is 2. The first-order chi connectivity index (χ1) is 15.9. The number of hydrogen-bond acceptors (Lipinski definition) is 5. The van der Waals surface area contributed by atoms with E-state index in [1.54, 1.807) is 12.3 Å². The van der Waals surface area contributed by atoms with E-state index in [1.165, 1.54) is 0 Å². The molecular weight excluding hydrogens is 418 g/mol. The lowest BCUT2D eigenvalue weighted by Gasteiger charge is -2.19. The average Bonchev–Trinajstić information content (AvgIpc) is 2.79. The molecule has 0 saturated heterocycles. The van der Waals surface area contributed by atoms with Crippen LogP contribution in [0.4, 0.5) is 0 Å². The molecule has 0 radical (unpaired) electrons. The largest absolute Gasteiger partial charge is 0.494 e. The molecule has 0 aliphatic carbocycles. The number of nitrogens with zero attached hydrogens (tertiary/aromatic N) is 1. The second kappa shape index (κ2) is 13.9. The molecule has 2 N–H and O–H groups in total. The molecule has 0 spiro atoms. The minimum absolute atomic E-state index is 0.164. The lowest BCUT2D eigenvalue weighted by Crippen LogP contribution is -2.47. The Morgan fingerprint density at radius 3 is 2.45 bits per heavy atom. The van der Waals surface area contributed by atoms with Crippen molar-refractivity contribution < 1.29 is 19.1 Å². The number of unbranched alkanes of at least 4 members (excludes halogenated alkanes) is 1. The molecule has 2 rings (SSSR count). The van der Waals surface area contributed by atoms with Gasteiger partial charge in [0.2, 0.25) is 0 Å². The summed E-state index contributed by atoms with van der Waals surface area (Å²) in [5, 5.41) is 6.79. The van der Waals surface area contributed by atoms with E-state index in [9.17, 15) is 9.59 Å². The lowest BCUT2D eigenvalue weighted by atomic mass is 10.0. The molecule has 0 heterocycles. The average molecular weight is 454 g/mol. The molecule has 2 amide bonds. The van der Waals surface area contributed by atoms with Crippen LogP contribution < -0.4 is 20.2 Å². The third-order valence-corrected chi connectivity index (χ3v) is 4.85. The van der Waals surface area contributed by atoms with Crippen molar-refractivity contribution in [1.82, 2.24) is 10.7 Å². The summed E-state index contributed by atoms with van der Waals surface area (Å²) in [6.07, 6.45) is 4.15. The number of para-hydroxylation sites is 1. The van der Waals surface area contributed by atoms with Crippen LogP contribution >= 0.6 is 0 Å². The second-order valence-electron chi connectivity index (χ2n) is 8.31. The van der Waals surface area contributed by atoms with Gasteiger partial charge in [0.25, 0.3) is 11.8 Å². The van der Waals surface area contributed by atoms with Crippen LogP contribution in [-0.2, 0) is 9.59 Å². The minimum Gasteiger partial charge on any atom is -0.494 e. The summed E-state index contributed by atoms with van der Waals surface area (Å²) in [5.41, 5.74) is 4.29. The van der Waals surface area contributed by atoms with Crippen LogP contribution in [0.25, 0.3) is 0 Å². The van der Waals surface area contributed by atoms with Crippen molar-refractivity contribution in [3.63, 3.8) is 0 Å². The molecular formula is C26H35N3O4. The van der Waals surface area contributed by atoms with Gasteiger partial charge in [-0.05, 0) is 67.1 Å². The maximum Gasteiger partial charge on any atom is 0.262 e. The van der Waals surface area contributed by atoms with Crippen molar-refractivity contribution in [3.8, 4) is 11.5 Å². The van der Waals surface area contributed by atoms with Crippen LogP contribution in [0.15, 0.2) is 53.6 Å². The zero-order valence-electron chi connectivity index (χ0n) is 20.0. The first-order valence-corrected chi connectivity index (χ1v) is 11.4. The van der Waals surface area contributed by atoms with E-state index >= 15 is 0 Å². The molecule has 2 aromatic carbocycles. The normalized spacial score (nSPS) is 11.9. The predicted molar refractivity (Wildman–Crippen MR) is 131 cm³/mol. The third-order valence-electron chi connectivity index (χ3n) is 4.85. The van der Waals surface area contributed by atoms with Gasteiger partial charge in [0, 0.05) is 0 Å². The first kappa shape index (κ1) is 25.9. The molecule has 0 aliphatic rings. The number of amides is 2. The van der Waals surface area contributed by atoms with E-state index in [0.717, 1.165) is 29.7 Å². The highest BCUT2D eigenvalue weighted by molar-refractivity contribution is 5.89. The van der Waals surface area contributed by atoms with E-state index in [1.807, 2.05) is 63.2 Å². The molecule has 0 fully saturated rings. The standard InChI is InChI=1S/C26H35N3O4/c1-5-6-15-32-22-13-11-21(12-14-22)17-27-29-26(31)23(16-19(2)3)28-25(30)18-33-24-10-8-7-9-20(24)4/h7-14,17,19,23H,5-6,15-16,18H2,1-4H3,(H,28,30)(H,29,31)/b27-17-/t23-/m1/s1. The van der Waals surface area contributed by atoms with Gasteiger partial charge in [0.05, 0.1) is 12.8 Å². The fourth-order valence-electron chi connectivity index (χ4n) is 3.03. The van der Waals surface area contributed by atoms with Crippen molar-refractivity contribution in [1.29, 1.82) is 0 Å². The van der Waals surface area contributed by atoms with Crippen LogP contribution in [0.2, 0.25) is 0 Å². The fraction of sp³-hybridized carbons (Fsp3) is 0.423. The number of nitrogens with one attached hydrogen (secondary N) is 2. The number of ether oxygens (including phenoxy) is 2. The minimum atomic E-state index is -0.704. The molecule has 7 heteroatoms. The van der Waals surface area contributed by atoms with Gasteiger partial charge in [-0.3, -0.25) is 9.59 Å².